The molecule has 0 radical (unpaired) electrons. The van der Waals surface area contributed by atoms with Gasteiger partial charge in [-0.3, -0.25) is 0 Å². The summed E-state index contributed by atoms with van der Waals surface area (Å²) >= 11 is 6.04. The Morgan fingerprint density at radius 3 is 2.67 bits per heavy atom. The molecule has 0 fully saturated rings. The fourth-order valence-electron chi connectivity index (χ4n) is 1.96. The molecule has 1 aromatic carbocycles. The maximum Gasteiger partial charge on any atom is 0.134 e. The summed E-state index contributed by atoms with van der Waals surface area (Å²) < 4.78 is 0. The molecule has 0 spiro atoms. The highest BCUT2D eigenvalue weighted by Gasteiger charge is 2.05. The Morgan fingerprint density at radius 2 is 1.94 bits per heavy atom. The summed E-state index contributed by atoms with van der Waals surface area (Å²) in [6.07, 6.45) is 2.75. The van der Waals surface area contributed by atoms with Gasteiger partial charge in [0.15, 0.2) is 0 Å². The molecule has 1 aromatic heterocycles. The molecular weight excluding hydrogens is 244 g/mol. The fraction of sp³-hybridized carbons (Fsp3) is 0.333. The first-order chi connectivity index (χ1) is 8.69. The van der Waals surface area contributed by atoms with Crippen LogP contribution in [-0.2, 0) is 12.8 Å². The summed E-state index contributed by atoms with van der Waals surface area (Å²) in [7, 11) is 0. The van der Waals surface area contributed by atoms with Crippen molar-refractivity contribution >= 4 is 11.6 Å². The minimum Gasteiger partial charge on any atom is -0.237 e. The highest BCUT2D eigenvalue weighted by atomic mass is 35.5. The molecule has 0 aliphatic carbocycles. The van der Waals surface area contributed by atoms with Gasteiger partial charge in [-0.15, -0.1) is 0 Å². The number of aromatic nitrogens is 2. The van der Waals surface area contributed by atoms with Crippen LogP contribution in [0.1, 0.15) is 36.0 Å². The van der Waals surface area contributed by atoms with Crippen LogP contribution in [0.4, 0.5) is 0 Å². The molecule has 0 atom stereocenters. The van der Waals surface area contributed by atoms with Crippen LogP contribution in [0, 0.1) is 6.92 Å². The molecule has 94 valence electrons. The van der Waals surface area contributed by atoms with Crippen molar-refractivity contribution in [1.29, 1.82) is 0 Å². The van der Waals surface area contributed by atoms with E-state index in [0.29, 0.717) is 5.15 Å². The normalized spacial score (nSPS) is 10.6. The number of aryl methyl sites for hydroxylation is 2. The van der Waals surface area contributed by atoms with Crippen LogP contribution < -0.4 is 0 Å². The van der Waals surface area contributed by atoms with E-state index in [-0.39, 0.29) is 0 Å². The summed E-state index contributed by atoms with van der Waals surface area (Å²) in [5.74, 6) is 0.806. The monoisotopic (exact) mass is 260 g/mol. The summed E-state index contributed by atoms with van der Waals surface area (Å²) in [6.45, 7) is 4.24. The van der Waals surface area contributed by atoms with Crippen LogP contribution in [0.5, 0.6) is 0 Å². The standard InChI is InChI=1S/C15H17ClN2/c1-3-6-13-10-14(16)18-15(17-13)9-12-8-5-4-7-11(12)2/h4-5,7-8,10H,3,6,9H2,1-2H3. The van der Waals surface area contributed by atoms with Gasteiger partial charge in [-0.25, -0.2) is 9.97 Å². The third kappa shape index (κ3) is 3.30. The smallest absolute Gasteiger partial charge is 0.134 e. The quantitative estimate of drug-likeness (QED) is 0.777. The third-order valence-electron chi connectivity index (χ3n) is 2.91. The van der Waals surface area contributed by atoms with Crippen LogP contribution in [-0.4, -0.2) is 9.97 Å². The predicted octanol–water partition coefficient (Wildman–Crippen LogP) is 3.98. The van der Waals surface area contributed by atoms with Gasteiger partial charge in [-0.2, -0.15) is 0 Å². The molecule has 0 N–H and O–H groups in total. The zero-order valence-corrected chi connectivity index (χ0v) is 11.5. The van der Waals surface area contributed by atoms with E-state index in [1.165, 1.54) is 11.1 Å². The first-order valence-corrected chi connectivity index (χ1v) is 6.63. The zero-order chi connectivity index (χ0) is 13.0. The summed E-state index contributed by atoms with van der Waals surface area (Å²) in [5, 5.41) is 0.539. The molecule has 0 amide bonds. The number of hydrogen-bond donors (Lipinski definition) is 0. The van der Waals surface area contributed by atoms with E-state index in [9.17, 15) is 0 Å². The largest absolute Gasteiger partial charge is 0.237 e. The molecule has 2 rings (SSSR count). The topological polar surface area (TPSA) is 25.8 Å². The molecule has 2 nitrogen and oxygen atoms in total. The fourth-order valence-corrected chi connectivity index (χ4v) is 2.18. The molecule has 0 aliphatic heterocycles. The van der Waals surface area contributed by atoms with E-state index in [0.717, 1.165) is 30.8 Å². The van der Waals surface area contributed by atoms with Gasteiger partial charge < -0.3 is 0 Å². The molecule has 3 heteroatoms. The van der Waals surface area contributed by atoms with E-state index >= 15 is 0 Å². The summed E-state index contributed by atoms with van der Waals surface area (Å²) in [5.41, 5.74) is 3.54. The molecule has 0 bridgehead atoms. The van der Waals surface area contributed by atoms with Gasteiger partial charge >= 0.3 is 0 Å². The van der Waals surface area contributed by atoms with E-state index in [1.54, 1.807) is 0 Å². The van der Waals surface area contributed by atoms with Gasteiger partial charge in [-0.1, -0.05) is 49.2 Å². The van der Waals surface area contributed by atoms with Gasteiger partial charge in [0.2, 0.25) is 0 Å². The van der Waals surface area contributed by atoms with Crippen molar-refractivity contribution in [2.45, 2.75) is 33.1 Å². The number of rotatable bonds is 4. The van der Waals surface area contributed by atoms with Crippen LogP contribution in [0.3, 0.4) is 0 Å². The van der Waals surface area contributed by atoms with Crippen LogP contribution >= 0.6 is 11.6 Å². The van der Waals surface area contributed by atoms with E-state index in [1.807, 2.05) is 18.2 Å². The Kier molecular flexibility index (Phi) is 4.32. The molecule has 1 heterocycles. The Hall–Kier alpha value is -1.41. The van der Waals surface area contributed by atoms with Gasteiger partial charge in [-0.05, 0) is 30.5 Å². The second-order valence-corrected chi connectivity index (χ2v) is 4.84. The van der Waals surface area contributed by atoms with E-state index in [2.05, 4.69) is 35.9 Å². The molecule has 0 unspecified atom stereocenters. The van der Waals surface area contributed by atoms with Crippen molar-refractivity contribution in [3.8, 4) is 0 Å². The second-order valence-electron chi connectivity index (χ2n) is 4.45. The van der Waals surface area contributed by atoms with Crippen LogP contribution in [0.15, 0.2) is 30.3 Å². The Balaban J connectivity index is 2.26. The molecule has 2 aromatic rings. The third-order valence-corrected chi connectivity index (χ3v) is 3.10. The van der Waals surface area contributed by atoms with E-state index < -0.39 is 0 Å². The lowest BCUT2D eigenvalue weighted by molar-refractivity contribution is 0.840. The minimum absolute atomic E-state index is 0.539. The highest BCUT2D eigenvalue weighted by molar-refractivity contribution is 6.29. The number of hydrogen-bond acceptors (Lipinski definition) is 2. The molecule has 0 saturated carbocycles. The van der Waals surface area contributed by atoms with E-state index in [4.69, 9.17) is 11.6 Å². The molecular formula is C15H17ClN2. The average molecular weight is 261 g/mol. The lowest BCUT2D eigenvalue weighted by Gasteiger charge is -2.06. The second kappa shape index (κ2) is 5.96. The minimum atomic E-state index is 0.539. The Bertz CT molecular complexity index is 538. The SMILES string of the molecule is CCCc1cc(Cl)nc(Cc2ccccc2C)n1. The average Bonchev–Trinajstić information content (AvgIpc) is 2.32. The first-order valence-electron chi connectivity index (χ1n) is 6.26. The first kappa shape index (κ1) is 13.0. The van der Waals surface area contributed by atoms with Gasteiger partial charge in [0, 0.05) is 12.1 Å². The van der Waals surface area contributed by atoms with Gasteiger partial charge in [0.05, 0.1) is 0 Å². The predicted molar refractivity (Wildman–Crippen MR) is 75.0 cm³/mol. The number of halogens is 1. The van der Waals surface area contributed by atoms with Crippen molar-refractivity contribution in [2.24, 2.45) is 0 Å². The van der Waals surface area contributed by atoms with Crippen LogP contribution in [0.25, 0.3) is 0 Å². The molecule has 18 heavy (non-hydrogen) atoms. The van der Waals surface area contributed by atoms with Crippen molar-refractivity contribution in [3.63, 3.8) is 0 Å². The highest BCUT2D eigenvalue weighted by Crippen LogP contribution is 2.14. The zero-order valence-electron chi connectivity index (χ0n) is 10.8. The maximum absolute atomic E-state index is 6.04. The van der Waals surface area contributed by atoms with Gasteiger partial charge in [0.25, 0.3) is 0 Å². The Morgan fingerprint density at radius 1 is 1.17 bits per heavy atom. The lowest BCUT2D eigenvalue weighted by atomic mass is 10.1. The lowest BCUT2D eigenvalue weighted by Crippen LogP contribution is -2.02. The summed E-state index contributed by atoms with van der Waals surface area (Å²) in [4.78, 5) is 8.87. The van der Waals surface area contributed by atoms with Crippen LogP contribution in [0.2, 0.25) is 5.15 Å². The van der Waals surface area contributed by atoms with Crippen molar-refractivity contribution in [1.82, 2.24) is 9.97 Å². The molecule has 0 saturated heterocycles. The van der Waals surface area contributed by atoms with Crippen molar-refractivity contribution in [3.05, 3.63) is 58.1 Å². The number of nitrogens with zero attached hydrogens (tertiary/aromatic N) is 2. The Labute approximate surface area is 113 Å². The maximum atomic E-state index is 6.04. The summed E-state index contributed by atoms with van der Waals surface area (Å²) in [6, 6.07) is 10.2. The number of benzene rings is 1. The van der Waals surface area contributed by atoms with Gasteiger partial charge in [0.1, 0.15) is 11.0 Å². The van der Waals surface area contributed by atoms with Crippen molar-refractivity contribution in [2.75, 3.05) is 0 Å². The molecule has 0 aliphatic rings. The van der Waals surface area contributed by atoms with Crippen molar-refractivity contribution < 1.29 is 0 Å².